The van der Waals surface area contributed by atoms with Gasteiger partial charge in [-0.3, -0.25) is 0 Å². The highest BCUT2D eigenvalue weighted by Crippen LogP contribution is 2.14. The van der Waals surface area contributed by atoms with Gasteiger partial charge in [-0.15, -0.1) is 0 Å². The molecule has 0 atom stereocenters. The molecule has 0 aliphatic rings. The fourth-order valence-corrected chi connectivity index (χ4v) is 3.57. The van der Waals surface area contributed by atoms with E-state index in [1.54, 1.807) is 21.3 Å². The maximum absolute atomic E-state index is 5.62. The Labute approximate surface area is 117 Å². The Hall–Kier alpha value is -0.723. The van der Waals surface area contributed by atoms with Crippen LogP contribution in [0.1, 0.15) is 12.0 Å². The lowest BCUT2D eigenvalue weighted by molar-refractivity contribution is 0.108. The lowest BCUT2D eigenvalue weighted by Crippen LogP contribution is -2.42. The van der Waals surface area contributed by atoms with Crippen LogP contribution in [0.5, 0.6) is 0 Å². The number of hydrogen-bond donors (Lipinski definition) is 0. The summed E-state index contributed by atoms with van der Waals surface area (Å²) in [5.41, 5.74) is 1.30. The van der Waals surface area contributed by atoms with Crippen LogP contribution in [-0.4, -0.2) is 43.3 Å². The van der Waals surface area contributed by atoms with Crippen LogP contribution in [0.25, 0.3) is 0 Å². The predicted octanol–water partition coefficient (Wildman–Crippen LogP) is 2.51. The van der Waals surface area contributed by atoms with Crippen LogP contribution in [-0.2, 0) is 24.4 Å². The SMILES string of the molecule is CO[Si](CCCOCCc1ccccc1)(OC)OC. The van der Waals surface area contributed by atoms with Crippen LogP contribution in [0.3, 0.4) is 0 Å². The van der Waals surface area contributed by atoms with Gasteiger partial charge >= 0.3 is 8.80 Å². The highest BCUT2D eigenvalue weighted by molar-refractivity contribution is 6.60. The van der Waals surface area contributed by atoms with E-state index in [1.807, 2.05) is 18.2 Å². The van der Waals surface area contributed by atoms with Crippen molar-refractivity contribution in [1.82, 2.24) is 0 Å². The molecule has 0 fully saturated rings. The Bertz CT molecular complexity index is 319. The number of rotatable bonds is 10. The summed E-state index contributed by atoms with van der Waals surface area (Å²) in [7, 11) is 2.48. The van der Waals surface area contributed by atoms with Gasteiger partial charge in [0.25, 0.3) is 0 Å². The van der Waals surface area contributed by atoms with E-state index in [9.17, 15) is 0 Å². The summed E-state index contributed by atoms with van der Waals surface area (Å²) in [5, 5.41) is 0. The van der Waals surface area contributed by atoms with Gasteiger partial charge in [0.1, 0.15) is 0 Å². The van der Waals surface area contributed by atoms with Crippen molar-refractivity contribution in [2.45, 2.75) is 18.9 Å². The summed E-state index contributed by atoms with van der Waals surface area (Å²) in [6.45, 7) is 1.45. The van der Waals surface area contributed by atoms with E-state index >= 15 is 0 Å². The summed E-state index contributed by atoms with van der Waals surface area (Å²) in [4.78, 5) is 0. The molecular formula is C14H24O4Si. The molecule has 0 spiro atoms. The Morgan fingerprint density at radius 3 is 2.11 bits per heavy atom. The smallest absolute Gasteiger partial charge is 0.381 e. The third-order valence-corrected chi connectivity index (χ3v) is 5.91. The van der Waals surface area contributed by atoms with Crippen molar-refractivity contribution in [2.75, 3.05) is 34.5 Å². The van der Waals surface area contributed by atoms with Crippen LogP contribution < -0.4 is 0 Å². The molecule has 0 aliphatic heterocycles. The first-order valence-corrected chi connectivity index (χ1v) is 8.46. The van der Waals surface area contributed by atoms with Gasteiger partial charge in [-0.25, -0.2) is 0 Å². The molecule has 4 nitrogen and oxygen atoms in total. The second-order valence-electron chi connectivity index (χ2n) is 4.25. The first kappa shape index (κ1) is 16.3. The summed E-state index contributed by atoms with van der Waals surface area (Å²) in [5.74, 6) is 0. The monoisotopic (exact) mass is 284 g/mol. The van der Waals surface area contributed by atoms with Crippen molar-refractivity contribution in [2.24, 2.45) is 0 Å². The zero-order valence-corrected chi connectivity index (χ0v) is 13.1. The van der Waals surface area contributed by atoms with Gasteiger partial charge in [0.05, 0.1) is 6.61 Å². The summed E-state index contributed by atoms with van der Waals surface area (Å²) in [6.07, 6.45) is 1.83. The second kappa shape index (κ2) is 9.22. The van der Waals surface area contributed by atoms with Gasteiger partial charge in [-0.1, -0.05) is 30.3 Å². The summed E-state index contributed by atoms with van der Waals surface area (Å²) < 4.78 is 21.7. The molecule has 0 heterocycles. The van der Waals surface area contributed by atoms with E-state index in [1.165, 1.54) is 5.56 Å². The maximum atomic E-state index is 5.62. The minimum absolute atomic E-state index is 0.706. The predicted molar refractivity (Wildman–Crippen MR) is 77.2 cm³/mol. The summed E-state index contributed by atoms with van der Waals surface area (Å²) in [6, 6.07) is 11.1. The van der Waals surface area contributed by atoms with Gasteiger partial charge in [0.2, 0.25) is 0 Å². The first-order valence-electron chi connectivity index (χ1n) is 6.53. The highest BCUT2D eigenvalue weighted by Gasteiger charge is 2.36. The molecule has 0 unspecified atom stereocenters. The minimum atomic E-state index is -2.42. The molecule has 0 N–H and O–H groups in total. The molecule has 1 aromatic carbocycles. The Morgan fingerprint density at radius 1 is 0.895 bits per heavy atom. The van der Waals surface area contributed by atoms with Crippen molar-refractivity contribution >= 4 is 8.80 Å². The van der Waals surface area contributed by atoms with E-state index in [-0.39, 0.29) is 0 Å². The van der Waals surface area contributed by atoms with Crippen molar-refractivity contribution in [3.63, 3.8) is 0 Å². The largest absolute Gasteiger partial charge is 0.500 e. The summed E-state index contributed by atoms with van der Waals surface area (Å²) >= 11 is 0. The van der Waals surface area contributed by atoms with Crippen LogP contribution in [0.4, 0.5) is 0 Å². The Kier molecular flexibility index (Phi) is 7.93. The molecule has 0 aromatic heterocycles. The normalized spacial score (nSPS) is 11.7. The van der Waals surface area contributed by atoms with Gasteiger partial charge < -0.3 is 18.0 Å². The van der Waals surface area contributed by atoms with Crippen molar-refractivity contribution in [3.05, 3.63) is 35.9 Å². The fraction of sp³-hybridized carbons (Fsp3) is 0.571. The van der Waals surface area contributed by atoms with Crippen LogP contribution in [0.15, 0.2) is 30.3 Å². The molecular weight excluding hydrogens is 260 g/mol. The molecule has 1 aromatic rings. The molecule has 0 radical (unpaired) electrons. The maximum Gasteiger partial charge on any atom is 0.500 e. The minimum Gasteiger partial charge on any atom is -0.381 e. The van der Waals surface area contributed by atoms with E-state index < -0.39 is 8.80 Å². The molecule has 19 heavy (non-hydrogen) atoms. The van der Waals surface area contributed by atoms with Gasteiger partial charge in [0, 0.05) is 34.0 Å². The van der Waals surface area contributed by atoms with E-state index in [4.69, 9.17) is 18.0 Å². The number of hydrogen-bond acceptors (Lipinski definition) is 4. The molecule has 0 amide bonds. The number of benzene rings is 1. The fourth-order valence-electron chi connectivity index (χ4n) is 1.88. The van der Waals surface area contributed by atoms with Gasteiger partial charge in [0.15, 0.2) is 0 Å². The molecule has 108 valence electrons. The van der Waals surface area contributed by atoms with Gasteiger partial charge in [-0.05, 0) is 18.4 Å². The average Bonchev–Trinajstić information content (AvgIpc) is 2.48. The van der Waals surface area contributed by atoms with E-state index in [0.29, 0.717) is 6.61 Å². The lowest BCUT2D eigenvalue weighted by Gasteiger charge is -2.24. The molecule has 0 bridgehead atoms. The first-order chi connectivity index (χ1) is 9.26. The highest BCUT2D eigenvalue weighted by atomic mass is 28.4. The zero-order chi connectivity index (χ0) is 14.0. The second-order valence-corrected chi connectivity index (χ2v) is 7.34. The average molecular weight is 284 g/mol. The molecule has 0 aliphatic carbocycles. The van der Waals surface area contributed by atoms with Crippen molar-refractivity contribution in [1.29, 1.82) is 0 Å². The third-order valence-electron chi connectivity index (χ3n) is 3.08. The Morgan fingerprint density at radius 2 is 1.53 bits per heavy atom. The van der Waals surface area contributed by atoms with E-state index in [2.05, 4.69) is 12.1 Å². The van der Waals surface area contributed by atoms with Crippen molar-refractivity contribution in [3.8, 4) is 0 Å². The molecule has 0 saturated carbocycles. The standard InChI is InChI=1S/C14H24O4Si/c1-15-19(16-2,17-3)13-7-11-18-12-10-14-8-5-4-6-9-14/h4-6,8-9H,7,10-13H2,1-3H3. The van der Waals surface area contributed by atoms with Crippen LogP contribution in [0.2, 0.25) is 6.04 Å². The van der Waals surface area contributed by atoms with Crippen LogP contribution >= 0.6 is 0 Å². The van der Waals surface area contributed by atoms with Crippen LogP contribution in [0, 0.1) is 0 Å². The molecule has 5 heteroatoms. The number of ether oxygens (including phenoxy) is 1. The van der Waals surface area contributed by atoms with Gasteiger partial charge in [-0.2, -0.15) is 0 Å². The Balaban J connectivity index is 2.11. The third kappa shape index (κ3) is 5.84. The zero-order valence-electron chi connectivity index (χ0n) is 12.1. The quantitative estimate of drug-likeness (QED) is 0.489. The topological polar surface area (TPSA) is 36.9 Å². The molecule has 0 saturated heterocycles. The molecule has 1 rings (SSSR count). The lowest BCUT2D eigenvalue weighted by atomic mass is 10.2. The van der Waals surface area contributed by atoms with E-state index in [0.717, 1.165) is 25.5 Å². The van der Waals surface area contributed by atoms with Crippen molar-refractivity contribution < 1.29 is 18.0 Å².